The molecule has 1 amide bonds. The van der Waals surface area contributed by atoms with Crippen LogP contribution in [0.1, 0.15) is 26.2 Å². The van der Waals surface area contributed by atoms with Crippen molar-refractivity contribution in [3.63, 3.8) is 0 Å². The highest BCUT2D eigenvalue weighted by atomic mass is 32.2. The minimum absolute atomic E-state index is 0.140. The number of carbonyl (C=O) groups is 1. The molecule has 0 bridgehead atoms. The molecular formula is C16H23FN2OS. The predicted molar refractivity (Wildman–Crippen MR) is 84.7 cm³/mol. The molecule has 1 fully saturated rings. The van der Waals surface area contributed by atoms with Gasteiger partial charge in [0.15, 0.2) is 0 Å². The van der Waals surface area contributed by atoms with Gasteiger partial charge < -0.3 is 10.6 Å². The molecule has 2 unspecified atom stereocenters. The number of amides is 1. The average Bonchev–Trinajstić information content (AvgIpc) is 2.48. The van der Waals surface area contributed by atoms with E-state index in [-0.39, 0.29) is 17.8 Å². The number of hydrogen-bond donors (Lipinski definition) is 1. The summed E-state index contributed by atoms with van der Waals surface area (Å²) in [4.78, 5) is 14.8. The van der Waals surface area contributed by atoms with Crippen LogP contribution in [-0.2, 0) is 4.79 Å². The predicted octanol–water partition coefficient (Wildman–Crippen LogP) is 2.89. The summed E-state index contributed by atoms with van der Waals surface area (Å²) in [6.45, 7) is 3.53. The quantitative estimate of drug-likeness (QED) is 0.851. The Labute approximate surface area is 130 Å². The highest BCUT2D eigenvalue weighted by molar-refractivity contribution is 7.99. The minimum atomic E-state index is -0.221. The van der Waals surface area contributed by atoms with Gasteiger partial charge in [0.2, 0.25) is 5.91 Å². The lowest BCUT2D eigenvalue weighted by Gasteiger charge is -2.38. The maximum Gasteiger partial charge on any atom is 0.223 e. The first-order chi connectivity index (χ1) is 10.1. The number of likely N-dealkylation sites (tertiary alicyclic amines) is 1. The monoisotopic (exact) mass is 310 g/mol. The van der Waals surface area contributed by atoms with Gasteiger partial charge in [-0.2, -0.15) is 0 Å². The Bertz CT molecular complexity index is 483. The zero-order valence-corrected chi connectivity index (χ0v) is 13.2. The Morgan fingerprint density at radius 1 is 1.48 bits per heavy atom. The third kappa shape index (κ3) is 4.45. The number of thioether (sulfide) groups is 1. The normalized spacial score (nSPS) is 22.3. The van der Waals surface area contributed by atoms with Crippen molar-refractivity contribution < 1.29 is 9.18 Å². The molecular weight excluding hydrogens is 287 g/mol. The Hall–Kier alpha value is -1.07. The molecule has 1 saturated heterocycles. The van der Waals surface area contributed by atoms with Gasteiger partial charge in [-0.05, 0) is 30.9 Å². The van der Waals surface area contributed by atoms with Gasteiger partial charge in [-0.1, -0.05) is 19.1 Å². The third-order valence-corrected chi connectivity index (χ3v) is 5.03. The molecule has 0 saturated carbocycles. The molecule has 1 aromatic rings. The zero-order chi connectivity index (χ0) is 15.2. The Balaban J connectivity index is 1.83. The van der Waals surface area contributed by atoms with E-state index in [9.17, 15) is 9.18 Å². The van der Waals surface area contributed by atoms with Crippen molar-refractivity contribution in [2.75, 3.05) is 18.8 Å². The second kappa shape index (κ2) is 7.80. The minimum Gasteiger partial charge on any atom is -0.338 e. The molecule has 1 aromatic carbocycles. The molecule has 5 heteroatoms. The SMILES string of the molecule is CC1CCN(C(=O)CCSc2ccccc2F)C(CN)C1. The van der Waals surface area contributed by atoms with E-state index in [4.69, 9.17) is 5.73 Å². The molecule has 21 heavy (non-hydrogen) atoms. The lowest BCUT2D eigenvalue weighted by atomic mass is 9.92. The van der Waals surface area contributed by atoms with Gasteiger partial charge in [-0.3, -0.25) is 4.79 Å². The summed E-state index contributed by atoms with van der Waals surface area (Å²) >= 11 is 1.39. The highest BCUT2D eigenvalue weighted by Crippen LogP contribution is 2.25. The van der Waals surface area contributed by atoms with Crippen LogP contribution in [-0.4, -0.2) is 35.7 Å². The largest absolute Gasteiger partial charge is 0.338 e. The summed E-state index contributed by atoms with van der Waals surface area (Å²) in [5.74, 6) is 1.15. The molecule has 1 heterocycles. The summed E-state index contributed by atoms with van der Waals surface area (Å²) in [5, 5.41) is 0. The summed E-state index contributed by atoms with van der Waals surface area (Å²) in [7, 11) is 0. The molecule has 0 spiro atoms. The number of carbonyl (C=O) groups excluding carboxylic acids is 1. The Morgan fingerprint density at radius 2 is 2.24 bits per heavy atom. The topological polar surface area (TPSA) is 46.3 Å². The van der Waals surface area contributed by atoms with Gasteiger partial charge in [-0.15, -0.1) is 11.8 Å². The fourth-order valence-corrected chi connectivity index (χ4v) is 3.63. The fraction of sp³-hybridized carbons (Fsp3) is 0.562. The molecule has 0 aromatic heterocycles. The number of hydrogen-bond acceptors (Lipinski definition) is 3. The zero-order valence-electron chi connectivity index (χ0n) is 12.4. The van der Waals surface area contributed by atoms with Gasteiger partial charge in [0, 0.05) is 36.2 Å². The standard InChI is InChI=1S/C16H23FN2OS/c1-12-6-8-19(13(10-12)11-18)16(20)7-9-21-15-5-3-2-4-14(15)17/h2-5,12-13H,6-11,18H2,1H3. The number of nitrogens with two attached hydrogens (primary N) is 1. The van der Waals surface area contributed by atoms with Crippen LogP contribution in [0.25, 0.3) is 0 Å². The second-order valence-corrected chi connectivity index (χ2v) is 6.77. The van der Waals surface area contributed by atoms with Gasteiger partial charge in [-0.25, -0.2) is 4.39 Å². The van der Waals surface area contributed by atoms with Gasteiger partial charge >= 0.3 is 0 Å². The van der Waals surface area contributed by atoms with Crippen LogP contribution in [0.5, 0.6) is 0 Å². The van der Waals surface area contributed by atoms with E-state index >= 15 is 0 Å². The van der Waals surface area contributed by atoms with E-state index in [1.165, 1.54) is 17.8 Å². The Kier molecular flexibility index (Phi) is 6.06. The van der Waals surface area contributed by atoms with E-state index in [0.29, 0.717) is 29.5 Å². The van der Waals surface area contributed by atoms with E-state index in [2.05, 4.69) is 6.92 Å². The summed E-state index contributed by atoms with van der Waals surface area (Å²) in [5.41, 5.74) is 5.78. The molecule has 2 rings (SSSR count). The molecule has 0 aliphatic carbocycles. The lowest BCUT2D eigenvalue weighted by molar-refractivity contribution is -0.134. The smallest absolute Gasteiger partial charge is 0.223 e. The van der Waals surface area contributed by atoms with E-state index in [1.54, 1.807) is 12.1 Å². The van der Waals surface area contributed by atoms with Gasteiger partial charge in [0.1, 0.15) is 5.82 Å². The van der Waals surface area contributed by atoms with Crippen LogP contribution in [0, 0.1) is 11.7 Å². The first kappa shape index (κ1) is 16.3. The van der Waals surface area contributed by atoms with E-state index in [1.807, 2.05) is 11.0 Å². The Morgan fingerprint density at radius 3 is 2.95 bits per heavy atom. The van der Waals surface area contributed by atoms with Crippen molar-refractivity contribution in [1.82, 2.24) is 4.90 Å². The van der Waals surface area contributed by atoms with Crippen molar-refractivity contribution in [3.05, 3.63) is 30.1 Å². The van der Waals surface area contributed by atoms with Crippen LogP contribution < -0.4 is 5.73 Å². The van der Waals surface area contributed by atoms with Gasteiger partial charge in [0.25, 0.3) is 0 Å². The molecule has 116 valence electrons. The van der Waals surface area contributed by atoms with Crippen LogP contribution in [0.4, 0.5) is 4.39 Å². The van der Waals surface area contributed by atoms with Crippen molar-refractivity contribution in [1.29, 1.82) is 0 Å². The summed E-state index contributed by atoms with van der Waals surface area (Å²) < 4.78 is 13.5. The first-order valence-electron chi connectivity index (χ1n) is 7.48. The summed E-state index contributed by atoms with van der Waals surface area (Å²) in [6, 6.07) is 6.84. The number of halogens is 1. The molecule has 3 nitrogen and oxygen atoms in total. The summed E-state index contributed by atoms with van der Waals surface area (Å²) in [6.07, 6.45) is 2.47. The first-order valence-corrected chi connectivity index (χ1v) is 8.47. The van der Waals surface area contributed by atoms with Crippen LogP contribution in [0.2, 0.25) is 0 Å². The van der Waals surface area contributed by atoms with Crippen molar-refractivity contribution in [2.24, 2.45) is 11.7 Å². The van der Waals surface area contributed by atoms with E-state index < -0.39 is 0 Å². The molecule has 2 N–H and O–H groups in total. The van der Waals surface area contributed by atoms with Gasteiger partial charge in [0.05, 0.1) is 0 Å². The number of benzene rings is 1. The van der Waals surface area contributed by atoms with Crippen LogP contribution >= 0.6 is 11.8 Å². The molecule has 0 radical (unpaired) electrons. The maximum absolute atomic E-state index is 13.5. The van der Waals surface area contributed by atoms with Crippen molar-refractivity contribution >= 4 is 17.7 Å². The number of nitrogens with zero attached hydrogens (tertiary/aromatic N) is 1. The van der Waals surface area contributed by atoms with Crippen LogP contribution in [0.15, 0.2) is 29.2 Å². The lowest BCUT2D eigenvalue weighted by Crippen LogP contribution is -2.49. The molecule has 1 aliphatic heterocycles. The third-order valence-electron chi connectivity index (χ3n) is 3.98. The van der Waals surface area contributed by atoms with Crippen molar-refractivity contribution in [3.8, 4) is 0 Å². The highest BCUT2D eigenvalue weighted by Gasteiger charge is 2.28. The molecule has 1 aliphatic rings. The second-order valence-electron chi connectivity index (χ2n) is 5.64. The fourth-order valence-electron chi connectivity index (χ4n) is 2.76. The maximum atomic E-state index is 13.5. The molecule has 2 atom stereocenters. The van der Waals surface area contributed by atoms with Crippen LogP contribution in [0.3, 0.4) is 0 Å². The average molecular weight is 310 g/mol. The number of piperidine rings is 1. The van der Waals surface area contributed by atoms with Crippen molar-refractivity contribution in [2.45, 2.75) is 37.1 Å². The number of rotatable bonds is 5. The van der Waals surface area contributed by atoms with E-state index in [0.717, 1.165) is 19.4 Å².